The smallest absolute Gasteiger partial charge is 0.137 e. The van der Waals surface area contributed by atoms with Crippen LogP contribution in [0.1, 0.15) is 19.0 Å². The first-order chi connectivity index (χ1) is 8.22. The molecule has 1 saturated carbocycles. The largest absolute Gasteiger partial charge is 0.311 e. The summed E-state index contributed by atoms with van der Waals surface area (Å²) >= 11 is 5.93. The molecule has 2 aromatic heterocycles. The number of hydrogen-bond donors (Lipinski definition) is 1. The Hall–Kier alpha value is -1.06. The number of nitrogens with one attached hydrogen (secondary N) is 1. The van der Waals surface area contributed by atoms with Gasteiger partial charge in [0.25, 0.3) is 0 Å². The van der Waals surface area contributed by atoms with Crippen molar-refractivity contribution in [2.24, 2.45) is 11.8 Å². The second-order valence-corrected chi connectivity index (χ2v) is 5.39. The maximum Gasteiger partial charge on any atom is 0.137 e. The Balaban J connectivity index is 1.64. The fourth-order valence-electron chi connectivity index (χ4n) is 2.17. The van der Waals surface area contributed by atoms with Crippen LogP contribution in [0, 0.1) is 11.8 Å². The topological polar surface area (TPSA) is 29.3 Å². The van der Waals surface area contributed by atoms with Crippen LogP contribution in [-0.4, -0.2) is 15.9 Å². The molecule has 0 aromatic carbocycles. The Kier molecular flexibility index (Phi) is 2.81. The van der Waals surface area contributed by atoms with Crippen LogP contribution in [-0.2, 0) is 6.54 Å². The van der Waals surface area contributed by atoms with Gasteiger partial charge < -0.3 is 9.72 Å². The number of rotatable bonds is 4. The van der Waals surface area contributed by atoms with E-state index in [2.05, 4.69) is 17.2 Å². The number of nitrogens with zero attached hydrogens (tertiary/aromatic N) is 2. The maximum absolute atomic E-state index is 5.93. The Bertz CT molecular complexity index is 534. The lowest BCUT2D eigenvalue weighted by molar-refractivity contribution is 0.607. The highest BCUT2D eigenvalue weighted by Crippen LogP contribution is 2.36. The van der Waals surface area contributed by atoms with Gasteiger partial charge in [-0.15, -0.1) is 0 Å². The molecule has 17 heavy (non-hydrogen) atoms. The monoisotopic (exact) mass is 249 g/mol. The summed E-state index contributed by atoms with van der Waals surface area (Å²) in [7, 11) is 0. The van der Waals surface area contributed by atoms with Gasteiger partial charge in [0.05, 0.1) is 10.7 Å². The van der Waals surface area contributed by atoms with Crippen LogP contribution in [0.3, 0.4) is 0 Å². The first-order valence-corrected chi connectivity index (χ1v) is 6.44. The third-order valence-corrected chi connectivity index (χ3v) is 3.68. The molecular weight excluding hydrogens is 234 g/mol. The fraction of sp³-hybridized carbons (Fsp3) is 0.462. The van der Waals surface area contributed by atoms with E-state index in [1.54, 1.807) is 0 Å². The number of hydrogen-bond acceptors (Lipinski definition) is 2. The normalized spacial score (nSPS) is 23.2. The number of halogens is 1. The third kappa shape index (κ3) is 2.45. The molecule has 3 rings (SSSR count). The lowest BCUT2D eigenvalue weighted by atomic mass is 10.3. The van der Waals surface area contributed by atoms with Gasteiger partial charge in [-0.3, -0.25) is 0 Å². The van der Waals surface area contributed by atoms with E-state index >= 15 is 0 Å². The summed E-state index contributed by atoms with van der Waals surface area (Å²) in [5.74, 6) is 1.78. The molecule has 1 N–H and O–H groups in total. The van der Waals surface area contributed by atoms with Crippen LogP contribution in [0.2, 0.25) is 5.02 Å². The maximum atomic E-state index is 5.93. The average molecular weight is 250 g/mol. The molecule has 3 nitrogen and oxygen atoms in total. The standard InChI is InChI=1S/C13H16ClN3/c1-9-4-10(9)5-15-6-12-8-17-7-11(14)2-3-13(17)16-12/h2-3,7-10,15H,4-6H2,1H3. The Morgan fingerprint density at radius 2 is 2.29 bits per heavy atom. The third-order valence-electron chi connectivity index (χ3n) is 3.45. The molecule has 0 spiro atoms. The molecule has 1 fully saturated rings. The van der Waals surface area contributed by atoms with Gasteiger partial charge in [0, 0.05) is 18.9 Å². The van der Waals surface area contributed by atoms with E-state index in [1.165, 1.54) is 6.42 Å². The van der Waals surface area contributed by atoms with Gasteiger partial charge in [-0.2, -0.15) is 0 Å². The highest BCUT2D eigenvalue weighted by Gasteiger charge is 2.31. The van der Waals surface area contributed by atoms with Crippen molar-refractivity contribution in [1.29, 1.82) is 0 Å². The van der Waals surface area contributed by atoms with Crippen molar-refractivity contribution < 1.29 is 0 Å². The molecular formula is C13H16ClN3. The molecule has 4 heteroatoms. The number of fused-ring (bicyclic) bond motifs is 1. The molecule has 0 aliphatic heterocycles. The van der Waals surface area contributed by atoms with Gasteiger partial charge in [0.15, 0.2) is 0 Å². The number of aromatic nitrogens is 2. The first kappa shape index (κ1) is 11.1. The summed E-state index contributed by atoms with van der Waals surface area (Å²) in [6.45, 7) is 4.25. The second kappa shape index (κ2) is 4.31. The lowest BCUT2D eigenvalue weighted by Crippen LogP contribution is -2.16. The van der Waals surface area contributed by atoms with Crippen molar-refractivity contribution in [2.45, 2.75) is 19.9 Å². The van der Waals surface area contributed by atoms with E-state index in [1.807, 2.05) is 28.9 Å². The summed E-state index contributed by atoms with van der Waals surface area (Å²) in [6, 6.07) is 3.81. The van der Waals surface area contributed by atoms with Crippen molar-refractivity contribution >= 4 is 17.2 Å². The molecule has 2 unspecified atom stereocenters. The summed E-state index contributed by atoms with van der Waals surface area (Å²) in [6.07, 6.45) is 5.29. The Labute approximate surface area is 106 Å². The van der Waals surface area contributed by atoms with Crippen molar-refractivity contribution in [3.63, 3.8) is 0 Å². The molecule has 0 bridgehead atoms. The van der Waals surface area contributed by atoms with E-state index in [9.17, 15) is 0 Å². The Morgan fingerprint density at radius 1 is 1.47 bits per heavy atom. The van der Waals surface area contributed by atoms with Gasteiger partial charge >= 0.3 is 0 Å². The van der Waals surface area contributed by atoms with Gasteiger partial charge in [-0.1, -0.05) is 18.5 Å². The second-order valence-electron chi connectivity index (χ2n) is 4.95. The molecule has 0 amide bonds. The predicted molar refractivity (Wildman–Crippen MR) is 69.2 cm³/mol. The van der Waals surface area contributed by atoms with Gasteiger partial charge in [0.1, 0.15) is 5.65 Å². The zero-order valence-electron chi connectivity index (χ0n) is 9.86. The van der Waals surface area contributed by atoms with E-state index in [0.29, 0.717) is 0 Å². The van der Waals surface area contributed by atoms with Crippen LogP contribution in [0.15, 0.2) is 24.5 Å². The van der Waals surface area contributed by atoms with Crippen molar-refractivity contribution in [2.75, 3.05) is 6.54 Å². The van der Waals surface area contributed by atoms with E-state index in [0.717, 1.165) is 41.3 Å². The molecule has 2 aromatic rings. The fourth-order valence-corrected chi connectivity index (χ4v) is 2.34. The van der Waals surface area contributed by atoms with Crippen LogP contribution < -0.4 is 5.32 Å². The molecule has 1 aliphatic carbocycles. The molecule has 0 saturated heterocycles. The molecule has 90 valence electrons. The van der Waals surface area contributed by atoms with Gasteiger partial charge in [0.2, 0.25) is 0 Å². The van der Waals surface area contributed by atoms with Crippen molar-refractivity contribution in [3.8, 4) is 0 Å². The van der Waals surface area contributed by atoms with Crippen LogP contribution in [0.4, 0.5) is 0 Å². The van der Waals surface area contributed by atoms with Crippen LogP contribution in [0.25, 0.3) is 5.65 Å². The average Bonchev–Trinajstić information content (AvgIpc) is 2.85. The highest BCUT2D eigenvalue weighted by atomic mass is 35.5. The Morgan fingerprint density at radius 3 is 3.06 bits per heavy atom. The number of pyridine rings is 1. The zero-order chi connectivity index (χ0) is 11.8. The predicted octanol–water partition coefficient (Wildman–Crippen LogP) is 2.73. The van der Waals surface area contributed by atoms with E-state index < -0.39 is 0 Å². The van der Waals surface area contributed by atoms with Gasteiger partial charge in [-0.05, 0) is 36.9 Å². The van der Waals surface area contributed by atoms with Gasteiger partial charge in [-0.25, -0.2) is 4.98 Å². The summed E-state index contributed by atoms with van der Waals surface area (Å²) in [5.41, 5.74) is 2.02. The van der Waals surface area contributed by atoms with E-state index in [4.69, 9.17) is 11.6 Å². The molecule has 0 radical (unpaired) electrons. The van der Waals surface area contributed by atoms with Crippen molar-refractivity contribution in [3.05, 3.63) is 35.2 Å². The SMILES string of the molecule is CC1CC1CNCc1cn2cc(Cl)ccc2n1. The zero-order valence-corrected chi connectivity index (χ0v) is 10.6. The van der Waals surface area contributed by atoms with E-state index in [-0.39, 0.29) is 0 Å². The summed E-state index contributed by atoms with van der Waals surface area (Å²) in [5, 5.41) is 4.20. The summed E-state index contributed by atoms with van der Waals surface area (Å²) in [4.78, 5) is 4.53. The minimum atomic E-state index is 0.737. The van der Waals surface area contributed by atoms with Crippen LogP contribution >= 0.6 is 11.6 Å². The minimum absolute atomic E-state index is 0.737. The quantitative estimate of drug-likeness (QED) is 0.903. The molecule has 1 aliphatic rings. The molecule has 2 heterocycles. The molecule has 2 atom stereocenters. The lowest BCUT2D eigenvalue weighted by Gasteiger charge is -1.99. The van der Waals surface area contributed by atoms with Crippen LogP contribution in [0.5, 0.6) is 0 Å². The number of imidazole rings is 1. The van der Waals surface area contributed by atoms with Crippen molar-refractivity contribution in [1.82, 2.24) is 14.7 Å². The minimum Gasteiger partial charge on any atom is -0.311 e. The first-order valence-electron chi connectivity index (χ1n) is 6.06. The summed E-state index contributed by atoms with van der Waals surface area (Å²) < 4.78 is 1.97. The highest BCUT2D eigenvalue weighted by molar-refractivity contribution is 6.30.